The number of aryl methyl sites for hydroxylation is 1. The van der Waals surface area contributed by atoms with E-state index >= 15 is 0 Å². The fraction of sp³-hybridized carbons (Fsp3) is 0.294. The van der Waals surface area contributed by atoms with Crippen molar-refractivity contribution in [1.82, 2.24) is 0 Å². The number of ether oxygens (including phenoxy) is 1. The zero-order valence-electron chi connectivity index (χ0n) is 11.2. The third kappa shape index (κ3) is 3.84. The van der Waals surface area contributed by atoms with E-state index in [2.05, 4.69) is 65.3 Å². The van der Waals surface area contributed by atoms with Crippen LogP contribution in [0.3, 0.4) is 0 Å². The van der Waals surface area contributed by atoms with Crippen LogP contribution in [0.15, 0.2) is 54.6 Å². The van der Waals surface area contributed by atoms with Crippen LogP contribution in [-0.2, 0) is 6.42 Å². The SMILES string of the molecule is CCc1ccccc1OCC(CBr)c1ccccc1. The predicted octanol–water partition coefficient (Wildman–Crippen LogP) is 4.81. The monoisotopic (exact) mass is 318 g/mol. The summed E-state index contributed by atoms with van der Waals surface area (Å²) in [6.07, 6.45) is 1.00. The maximum absolute atomic E-state index is 6.01. The van der Waals surface area contributed by atoms with Crippen molar-refractivity contribution in [2.45, 2.75) is 19.3 Å². The van der Waals surface area contributed by atoms with E-state index in [0.717, 1.165) is 17.5 Å². The summed E-state index contributed by atoms with van der Waals surface area (Å²) < 4.78 is 6.01. The molecule has 100 valence electrons. The van der Waals surface area contributed by atoms with Crippen LogP contribution >= 0.6 is 15.9 Å². The Balaban J connectivity index is 2.04. The minimum Gasteiger partial charge on any atom is -0.493 e. The Morgan fingerprint density at radius 1 is 1.00 bits per heavy atom. The van der Waals surface area contributed by atoms with Crippen molar-refractivity contribution in [3.05, 3.63) is 65.7 Å². The van der Waals surface area contributed by atoms with Crippen LogP contribution < -0.4 is 4.74 Å². The van der Waals surface area contributed by atoms with Crippen LogP contribution in [-0.4, -0.2) is 11.9 Å². The first-order valence-corrected chi connectivity index (χ1v) is 7.79. The molecule has 0 spiro atoms. The molecule has 0 aliphatic heterocycles. The van der Waals surface area contributed by atoms with Crippen molar-refractivity contribution in [3.8, 4) is 5.75 Å². The van der Waals surface area contributed by atoms with Crippen LogP contribution in [0.2, 0.25) is 0 Å². The lowest BCUT2D eigenvalue weighted by Gasteiger charge is -2.17. The van der Waals surface area contributed by atoms with Gasteiger partial charge in [-0.1, -0.05) is 71.4 Å². The van der Waals surface area contributed by atoms with Crippen LogP contribution in [0.5, 0.6) is 5.75 Å². The number of rotatable bonds is 6. The summed E-state index contributed by atoms with van der Waals surface area (Å²) in [5.41, 5.74) is 2.58. The van der Waals surface area contributed by atoms with Gasteiger partial charge in [0, 0.05) is 11.2 Å². The smallest absolute Gasteiger partial charge is 0.122 e. The third-order valence-electron chi connectivity index (χ3n) is 3.25. The minimum atomic E-state index is 0.381. The van der Waals surface area contributed by atoms with E-state index in [1.807, 2.05) is 12.1 Å². The fourth-order valence-electron chi connectivity index (χ4n) is 2.08. The highest BCUT2D eigenvalue weighted by atomic mass is 79.9. The topological polar surface area (TPSA) is 9.23 Å². The highest BCUT2D eigenvalue weighted by Gasteiger charge is 2.11. The van der Waals surface area contributed by atoms with Crippen molar-refractivity contribution in [1.29, 1.82) is 0 Å². The van der Waals surface area contributed by atoms with E-state index in [1.165, 1.54) is 11.1 Å². The van der Waals surface area contributed by atoms with Gasteiger partial charge in [-0.25, -0.2) is 0 Å². The molecule has 1 atom stereocenters. The molecule has 1 nitrogen and oxygen atoms in total. The zero-order chi connectivity index (χ0) is 13.5. The molecule has 2 rings (SSSR count). The van der Waals surface area contributed by atoms with Gasteiger partial charge in [-0.05, 0) is 23.6 Å². The predicted molar refractivity (Wildman–Crippen MR) is 84.3 cm³/mol. The van der Waals surface area contributed by atoms with E-state index < -0.39 is 0 Å². The molecular weight excluding hydrogens is 300 g/mol. The molecule has 0 N–H and O–H groups in total. The Labute approximate surface area is 123 Å². The molecule has 0 aliphatic carbocycles. The van der Waals surface area contributed by atoms with Gasteiger partial charge in [0.25, 0.3) is 0 Å². The maximum Gasteiger partial charge on any atom is 0.122 e. The molecule has 0 fully saturated rings. The number of alkyl halides is 1. The lowest BCUT2D eigenvalue weighted by Crippen LogP contribution is -2.12. The summed E-state index contributed by atoms with van der Waals surface area (Å²) in [7, 11) is 0. The van der Waals surface area contributed by atoms with Gasteiger partial charge in [0.15, 0.2) is 0 Å². The van der Waals surface area contributed by atoms with Gasteiger partial charge in [-0.3, -0.25) is 0 Å². The quantitative estimate of drug-likeness (QED) is 0.695. The van der Waals surface area contributed by atoms with E-state index in [0.29, 0.717) is 12.5 Å². The van der Waals surface area contributed by atoms with Crippen molar-refractivity contribution >= 4 is 15.9 Å². The molecule has 0 radical (unpaired) electrons. The van der Waals surface area contributed by atoms with Gasteiger partial charge in [0.1, 0.15) is 5.75 Å². The number of hydrogen-bond donors (Lipinski definition) is 0. The van der Waals surface area contributed by atoms with E-state index in [-0.39, 0.29) is 0 Å². The average molecular weight is 319 g/mol. The van der Waals surface area contributed by atoms with Gasteiger partial charge in [-0.15, -0.1) is 0 Å². The van der Waals surface area contributed by atoms with Gasteiger partial charge in [-0.2, -0.15) is 0 Å². The van der Waals surface area contributed by atoms with Crippen LogP contribution in [0.1, 0.15) is 24.0 Å². The lowest BCUT2D eigenvalue weighted by molar-refractivity contribution is 0.295. The molecule has 2 aromatic carbocycles. The Bertz CT molecular complexity index is 496. The van der Waals surface area contributed by atoms with Crippen LogP contribution in [0.4, 0.5) is 0 Å². The van der Waals surface area contributed by atoms with Crippen molar-refractivity contribution in [2.24, 2.45) is 0 Å². The number of hydrogen-bond acceptors (Lipinski definition) is 1. The van der Waals surface area contributed by atoms with Crippen LogP contribution in [0.25, 0.3) is 0 Å². The molecular formula is C17H19BrO. The minimum absolute atomic E-state index is 0.381. The summed E-state index contributed by atoms with van der Waals surface area (Å²) in [4.78, 5) is 0. The first-order valence-electron chi connectivity index (χ1n) is 6.66. The molecule has 0 aromatic heterocycles. The standard InChI is InChI=1S/C17H19BrO/c1-2-14-8-6-7-11-17(14)19-13-16(12-18)15-9-4-3-5-10-15/h3-11,16H,2,12-13H2,1H3. The lowest BCUT2D eigenvalue weighted by atomic mass is 10.0. The molecule has 19 heavy (non-hydrogen) atoms. The van der Waals surface area contributed by atoms with E-state index in [9.17, 15) is 0 Å². The molecule has 0 saturated heterocycles. The zero-order valence-corrected chi connectivity index (χ0v) is 12.8. The molecule has 0 heterocycles. The summed E-state index contributed by atoms with van der Waals surface area (Å²) in [5, 5.41) is 0.908. The van der Waals surface area contributed by atoms with Crippen molar-refractivity contribution in [2.75, 3.05) is 11.9 Å². The van der Waals surface area contributed by atoms with Crippen LogP contribution in [0, 0.1) is 0 Å². The number of benzene rings is 2. The second kappa shape index (κ2) is 7.34. The van der Waals surface area contributed by atoms with E-state index in [4.69, 9.17) is 4.74 Å². The Hall–Kier alpha value is -1.28. The Morgan fingerprint density at radius 2 is 1.68 bits per heavy atom. The molecule has 0 saturated carbocycles. The fourth-order valence-corrected chi connectivity index (χ4v) is 2.64. The number of halogens is 1. The maximum atomic E-state index is 6.01. The number of para-hydroxylation sites is 1. The highest BCUT2D eigenvalue weighted by Crippen LogP contribution is 2.23. The van der Waals surface area contributed by atoms with Gasteiger partial charge in [0.2, 0.25) is 0 Å². The average Bonchev–Trinajstić information content (AvgIpc) is 2.49. The van der Waals surface area contributed by atoms with Gasteiger partial charge in [0.05, 0.1) is 6.61 Å². The molecule has 2 heteroatoms. The largest absolute Gasteiger partial charge is 0.493 e. The Morgan fingerprint density at radius 3 is 2.37 bits per heavy atom. The van der Waals surface area contributed by atoms with Gasteiger partial charge >= 0.3 is 0 Å². The third-order valence-corrected chi connectivity index (χ3v) is 4.03. The first-order chi connectivity index (χ1) is 9.35. The van der Waals surface area contributed by atoms with Crippen molar-refractivity contribution < 1.29 is 4.74 Å². The normalized spacial score (nSPS) is 12.1. The Kier molecular flexibility index (Phi) is 5.46. The molecule has 0 bridgehead atoms. The second-order valence-electron chi connectivity index (χ2n) is 4.53. The van der Waals surface area contributed by atoms with E-state index in [1.54, 1.807) is 0 Å². The summed E-state index contributed by atoms with van der Waals surface area (Å²) in [6.45, 7) is 2.85. The summed E-state index contributed by atoms with van der Waals surface area (Å²) in [5.74, 6) is 1.39. The first kappa shape index (κ1) is 14.1. The van der Waals surface area contributed by atoms with Crippen molar-refractivity contribution in [3.63, 3.8) is 0 Å². The second-order valence-corrected chi connectivity index (χ2v) is 5.18. The summed E-state index contributed by atoms with van der Waals surface area (Å²) in [6, 6.07) is 18.8. The van der Waals surface area contributed by atoms with Gasteiger partial charge < -0.3 is 4.74 Å². The molecule has 0 amide bonds. The molecule has 0 aliphatic rings. The summed E-state index contributed by atoms with van der Waals surface area (Å²) >= 11 is 3.58. The molecule has 1 unspecified atom stereocenters. The molecule has 2 aromatic rings. The highest BCUT2D eigenvalue weighted by molar-refractivity contribution is 9.09.